The number of fused-ring (bicyclic) bond motifs is 2. The molecule has 1 saturated carbocycles. The predicted octanol–water partition coefficient (Wildman–Crippen LogP) is 3.95. The number of pyridine rings is 1. The number of hydrogen-bond donors (Lipinski definition) is 1. The van der Waals surface area contributed by atoms with Crippen LogP contribution in [0.1, 0.15) is 32.2 Å². The van der Waals surface area contributed by atoms with Crippen LogP contribution in [0.15, 0.2) is 36.8 Å². The summed E-state index contributed by atoms with van der Waals surface area (Å²) in [5.41, 5.74) is 3.79. The Balaban J connectivity index is 1.40. The number of nitrogens with zero attached hydrogens (tertiary/aromatic N) is 5. The van der Waals surface area contributed by atoms with Gasteiger partial charge in [0.25, 0.3) is 6.43 Å². The molecule has 3 aromatic heterocycles. The van der Waals surface area contributed by atoms with Gasteiger partial charge in [0.05, 0.1) is 29.3 Å². The highest BCUT2D eigenvalue weighted by atomic mass is 19.3. The van der Waals surface area contributed by atoms with Gasteiger partial charge in [-0.05, 0) is 38.0 Å². The molecule has 0 unspecified atom stereocenters. The van der Waals surface area contributed by atoms with Crippen molar-refractivity contribution in [3.05, 3.63) is 36.8 Å². The third-order valence-electron chi connectivity index (χ3n) is 6.68. The fourth-order valence-corrected chi connectivity index (χ4v) is 4.64. The zero-order valence-electron chi connectivity index (χ0n) is 18.6. The minimum atomic E-state index is -2.47. The number of rotatable bonds is 7. The van der Waals surface area contributed by atoms with Gasteiger partial charge >= 0.3 is 0 Å². The quantitative estimate of drug-likeness (QED) is 0.446. The highest BCUT2D eigenvalue weighted by Gasteiger charge is 2.31. The number of carbonyl (C=O) groups is 1. The molecule has 10 heteroatoms. The Morgan fingerprint density at radius 3 is 2.85 bits per heavy atom. The van der Waals surface area contributed by atoms with E-state index in [1.165, 1.54) is 4.68 Å². The third-order valence-corrected chi connectivity index (χ3v) is 6.68. The lowest BCUT2D eigenvalue weighted by Crippen LogP contribution is -2.26. The Kier molecular flexibility index (Phi) is 4.96. The second-order valence-electron chi connectivity index (χ2n) is 9.15. The van der Waals surface area contributed by atoms with Crippen molar-refractivity contribution in [2.45, 2.75) is 51.3 Å². The molecule has 0 bridgehead atoms. The summed E-state index contributed by atoms with van der Waals surface area (Å²) in [5, 5.41) is 7.72. The number of alkyl halides is 2. The van der Waals surface area contributed by atoms with Crippen molar-refractivity contribution in [2.24, 2.45) is 5.92 Å². The molecule has 1 amide bonds. The monoisotopic (exact) mass is 466 g/mol. The number of carbonyl (C=O) groups excluding carboxylic acids is 1. The Morgan fingerprint density at radius 2 is 2.12 bits per heavy atom. The van der Waals surface area contributed by atoms with Gasteiger partial charge in [-0.3, -0.25) is 9.48 Å². The van der Waals surface area contributed by atoms with E-state index in [9.17, 15) is 13.6 Å². The van der Waals surface area contributed by atoms with E-state index in [0.717, 1.165) is 34.8 Å². The Bertz CT molecular complexity index is 1390. The number of benzene rings is 1. The first-order valence-corrected chi connectivity index (χ1v) is 11.5. The topological polar surface area (TPSA) is 86.9 Å². The summed E-state index contributed by atoms with van der Waals surface area (Å²) in [5.74, 6) is 0.607. The van der Waals surface area contributed by atoms with E-state index in [-0.39, 0.29) is 17.9 Å². The molecule has 176 valence electrons. The van der Waals surface area contributed by atoms with Crippen molar-refractivity contribution in [3.63, 3.8) is 0 Å². The molecule has 4 heterocycles. The van der Waals surface area contributed by atoms with Crippen molar-refractivity contribution in [1.29, 1.82) is 0 Å². The van der Waals surface area contributed by atoms with Crippen LogP contribution in [0.3, 0.4) is 0 Å². The smallest absolute Gasteiger partial charge is 0.257 e. The van der Waals surface area contributed by atoms with Gasteiger partial charge in [0.2, 0.25) is 11.8 Å². The van der Waals surface area contributed by atoms with Gasteiger partial charge in [0.1, 0.15) is 18.2 Å². The average molecular weight is 466 g/mol. The van der Waals surface area contributed by atoms with Crippen molar-refractivity contribution >= 4 is 27.8 Å². The molecule has 2 fully saturated rings. The second kappa shape index (κ2) is 8.03. The molecule has 8 nitrogen and oxygen atoms in total. The Hall–Kier alpha value is -3.56. The summed E-state index contributed by atoms with van der Waals surface area (Å²) in [6.45, 7) is 2.11. The summed E-state index contributed by atoms with van der Waals surface area (Å²) < 4.78 is 35.5. The lowest BCUT2D eigenvalue weighted by molar-refractivity contribution is -0.119. The van der Waals surface area contributed by atoms with E-state index in [4.69, 9.17) is 9.72 Å². The van der Waals surface area contributed by atoms with Crippen LogP contribution in [0.4, 0.5) is 8.78 Å². The third kappa shape index (κ3) is 3.76. The maximum Gasteiger partial charge on any atom is 0.257 e. The highest BCUT2D eigenvalue weighted by Crippen LogP contribution is 2.40. The van der Waals surface area contributed by atoms with E-state index in [1.54, 1.807) is 12.3 Å². The standard InChI is InChI=1S/C24H24F2N6O2/c1-13(15-7-22(33)27-9-15)34-24-23-19(28-12-31(23)17-3-4-17)8-18(30-24)14-2-5-20-16(6-14)10-29-32(20)11-21(25)26/h2,5-6,8,10,12-13,15,17,21H,3-4,7,9,11H2,1H3,(H,27,33)/t13-,15-/m1/s1. The number of aromatic nitrogens is 5. The van der Waals surface area contributed by atoms with E-state index in [2.05, 4.69) is 20.0 Å². The maximum atomic E-state index is 12.8. The van der Waals surface area contributed by atoms with Gasteiger partial charge in [-0.15, -0.1) is 0 Å². The van der Waals surface area contributed by atoms with Crippen molar-refractivity contribution in [2.75, 3.05) is 6.54 Å². The first-order valence-electron chi connectivity index (χ1n) is 11.5. The molecule has 1 N–H and O–H groups in total. The number of ether oxygens (including phenoxy) is 1. The fraction of sp³-hybridized carbons (Fsp3) is 0.417. The van der Waals surface area contributed by atoms with Gasteiger partial charge in [0, 0.05) is 35.9 Å². The highest BCUT2D eigenvalue weighted by molar-refractivity contribution is 5.88. The van der Waals surface area contributed by atoms with Gasteiger partial charge in [0.15, 0.2) is 0 Å². The van der Waals surface area contributed by atoms with Crippen LogP contribution < -0.4 is 10.1 Å². The average Bonchev–Trinajstić information content (AvgIpc) is 3.22. The molecule has 1 aliphatic carbocycles. The summed E-state index contributed by atoms with van der Waals surface area (Å²) >= 11 is 0. The molecule has 4 aromatic rings. The predicted molar refractivity (Wildman–Crippen MR) is 122 cm³/mol. The molecule has 0 spiro atoms. The lowest BCUT2D eigenvalue weighted by atomic mass is 10.0. The minimum absolute atomic E-state index is 0.0380. The van der Waals surface area contributed by atoms with Crippen LogP contribution in [0.25, 0.3) is 33.2 Å². The van der Waals surface area contributed by atoms with Crippen LogP contribution in [-0.4, -0.2) is 49.3 Å². The molecule has 1 aromatic carbocycles. The van der Waals surface area contributed by atoms with Crippen LogP contribution in [0, 0.1) is 5.92 Å². The zero-order valence-corrected chi connectivity index (χ0v) is 18.6. The van der Waals surface area contributed by atoms with Crippen LogP contribution in [-0.2, 0) is 11.3 Å². The van der Waals surface area contributed by atoms with Crippen molar-refractivity contribution in [3.8, 4) is 17.1 Å². The molecule has 6 rings (SSSR count). The van der Waals surface area contributed by atoms with E-state index < -0.39 is 13.0 Å². The summed E-state index contributed by atoms with van der Waals surface area (Å²) in [6, 6.07) is 7.86. The summed E-state index contributed by atoms with van der Waals surface area (Å²) in [4.78, 5) is 21.2. The first-order chi connectivity index (χ1) is 16.5. The van der Waals surface area contributed by atoms with Crippen molar-refractivity contribution < 1.29 is 18.3 Å². The molecule has 34 heavy (non-hydrogen) atoms. The molecule has 0 radical (unpaired) electrons. The fourth-order valence-electron chi connectivity index (χ4n) is 4.64. The maximum absolute atomic E-state index is 12.8. The molecular formula is C24H24F2N6O2. The number of imidazole rings is 1. The van der Waals surface area contributed by atoms with Gasteiger partial charge < -0.3 is 14.6 Å². The zero-order chi connectivity index (χ0) is 23.4. The molecule has 1 saturated heterocycles. The molecule has 2 aliphatic rings. The summed E-state index contributed by atoms with van der Waals surface area (Å²) in [6.07, 6.45) is 3.38. The SMILES string of the molecule is C[C@@H](Oc1nc(-c2ccc3c(cnn3CC(F)F)c2)cc2ncn(C3CC3)c12)[C@H]1CNC(=O)C1. The van der Waals surface area contributed by atoms with Gasteiger partial charge in [-0.25, -0.2) is 18.7 Å². The van der Waals surface area contributed by atoms with Crippen LogP contribution >= 0.6 is 0 Å². The Morgan fingerprint density at radius 1 is 1.26 bits per heavy atom. The molecule has 1 aliphatic heterocycles. The first kappa shape index (κ1) is 21.0. The van der Waals surface area contributed by atoms with E-state index in [0.29, 0.717) is 36.1 Å². The second-order valence-corrected chi connectivity index (χ2v) is 9.15. The number of amides is 1. The largest absolute Gasteiger partial charge is 0.473 e. The van der Waals surface area contributed by atoms with Crippen LogP contribution in [0.5, 0.6) is 5.88 Å². The van der Waals surface area contributed by atoms with E-state index >= 15 is 0 Å². The molecular weight excluding hydrogens is 442 g/mol. The number of halogens is 2. The minimum Gasteiger partial charge on any atom is -0.473 e. The summed E-state index contributed by atoms with van der Waals surface area (Å²) in [7, 11) is 0. The van der Waals surface area contributed by atoms with Crippen LogP contribution in [0.2, 0.25) is 0 Å². The number of nitrogens with one attached hydrogen (secondary N) is 1. The normalized spacial score (nSPS) is 19.3. The number of hydrogen-bond acceptors (Lipinski definition) is 5. The van der Waals surface area contributed by atoms with Gasteiger partial charge in [-0.2, -0.15) is 5.10 Å². The van der Waals surface area contributed by atoms with Gasteiger partial charge in [-0.1, -0.05) is 6.07 Å². The van der Waals surface area contributed by atoms with Crippen molar-refractivity contribution in [1.82, 2.24) is 29.6 Å². The van der Waals surface area contributed by atoms with E-state index in [1.807, 2.05) is 31.5 Å². The molecule has 2 atom stereocenters. The Labute approximate surface area is 193 Å². The lowest BCUT2D eigenvalue weighted by Gasteiger charge is -2.20.